The number of amides is 1. The molecular weight excluding hydrogens is 220 g/mol. The van der Waals surface area contributed by atoms with Crippen LogP contribution < -0.4 is 10.9 Å². The van der Waals surface area contributed by atoms with Gasteiger partial charge < -0.3 is 10.9 Å². The number of hydrogen-bond donors (Lipinski definition) is 2. The Bertz CT molecular complexity index is 416. The van der Waals surface area contributed by atoms with Gasteiger partial charge in [-0.1, -0.05) is 18.2 Å². The molecule has 0 aliphatic rings. The van der Waals surface area contributed by atoms with Crippen molar-refractivity contribution >= 4 is 16.1 Å². The summed E-state index contributed by atoms with van der Waals surface area (Å²) in [6.45, 7) is 0. The zero-order chi connectivity index (χ0) is 10.6. The molecule has 15 heavy (non-hydrogen) atoms. The molecule has 0 fully saturated rings. The van der Waals surface area contributed by atoms with Gasteiger partial charge in [-0.3, -0.25) is 0 Å². The maximum Gasteiger partial charge on any atom is 0.420 e. The predicted octanol–water partition coefficient (Wildman–Crippen LogP) is 0.893. The maximum absolute atomic E-state index is 11.4. The third-order valence-corrected chi connectivity index (χ3v) is 2.78. The third-order valence-electron chi connectivity index (χ3n) is 1.46. The summed E-state index contributed by atoms with van der Waals surface area (Å²) in [5.41, 5.74) is 0. The van der Waals surface area contributed by atoms with Crippen molar-refractivity contribution in [3.8, 4) is 0 Å². The van der Waals surface area contributed by atoms with E-state index in [0.717, 1.165) is 7.11 Å². The number of methoxy groups -OCH3 is 1. The van der Waals surface area contributed by atoms with Crippen LogP contribution in [0.15, 0.2) is 35.2 Å². The number of carbonyl (C=O) groups excluding carboxylic acids is 1. The Morgan fingerprint density at radius 3 is 2.27 bits per heavy atom. The van der Waals surface area contributed by atoms with E-state index in [9.17, 15) is 13.2 Å². The van der Waals surface area contributed by atoms with Crippen LogP contribution in [0, 0.1) is 0 Å². The number of ether oxygens (including phenoxy) is 1. The van der Waals surface area contributed by atoms with Gasteiger partial charge in [0.05, 0.1) is 12.0 Å². The molecular formula is C8H12N2O4S. The molecule has 0 radical (unpaired) electrons. The quantitative estimate of drug-likeness (QED) is 0.787. The van der Waals surface area contributed by atoms with Gasteiger partial charge in [0.2, 0.25) is 0 Å². The molecule has 7 heteroatoms. The fraction of sp³-hybridized carbons (Fsp3) is 0.125. The van der Waals surface area contributed by atoms with Crippen molar-refractivity contribution in [3.05, 3.63) is 30.3 Å². The van der Waals surface area contributed by atoms with Gasteiger partial charge in [0.15, 0.2) is 0 Å². The first-order chi connectivity index (χ1) is 6.56. The van der Waals surface area contributed by atoms with E-state index in [2.05, 4.69) is 4.74 Å². The van der Waals surface area contributed by atoms with Crippen molar-refractivity contribution in [3.63, 3.8) is 0 Å². The number of rotatable bonds is 2. The molecule has 4 N–H and O–H groups in total. The number of hydrogen-bond acceptors (Lipinski definition) is 5. The molecule has 0 saturated carbocycles. The minimum absolute atomic E-state index is 0. The minimum Gasteiger partial charge on any atom is -0.452 e. The van der Waals surface area contributed by atoms with Crippen molar-refractivity contribution in [1.82, 2.24) is 10.9 Å². The lowest BCUT2D eigenvalue weighted by atomic mass is 10.4. The Labute approximate surface area is 87.9 Å². The van der Waals surface area contributed by atoms with Crippen molar-refractivity contribution in [2.45, 2.75) is 4.90 Å². The molecule has 84 valence electrons. The van der Waals surface area contributed by atoms with Gasteiger partial charge in [-0.25, -0.2) is 17.9 Å². The summed E-state index contributed by atoms with van der Waals surface area (Å²) >= 11 is 0. The van der Waals surface area contributed by atoms with E-state index in [4.69, 9.17) is 0 Å². The third kappa shape index (κ3) is 3.56. The first kappa shape index (κ1) is 13.4. The Balaban J connectivity index is 0.00000196. The van der Waals surface area contributed by atoms with E-state index in [0.29, 0.717) is 0 Å². The van der Waals surface area contributed by atoms with Crippen LogP contribution in [0.5, 0.6) is 0 Å². The van der Waals surface area contributed by atoms with E-state index in [-0.39, 0.29) is 11.0 Å². The van der Waals surface area contributed by atoms with Gasteiger partial charge in [0.1, 0.15) is 0 Å². The number of nitrogens with one attached hydrogen (secondary N) is 1. The molecule has 0 heterocycles. The lowest BCUT2D eigenvalue weighted by Gasteiger charge is -2.04. The first-order valence-electron chi connectivity index (χ1n) is 3.72. The fourth-order valence-corrected chi connectivity index (χ4v) is 1.75. The molecule has 0 aliphatic carbocycles. The molecule has 6 nitrogen and oxygen atoms in total. The summed E-state index contributed by atoms with van der Waals surface area (Å²) < 4.78 is 28.7. The van der Waals surface area contributed by atoms with Gasteiger partial charge in [0.25, 0.3) is 10.0 Å². The Kier molecular flexibility index (Phi) is 4.75. The highest BCUT2D eigenvalue weighted by atomic mass is 32.2. The summed E-state index contributed by atoms with van der Waals surface area (Å²) in [6, 6.07) is 7.56. The fourth-order valence-electron chi connectivity index (χ4n) is 0.810. The standard InChI is InChI=1S/C8H9NO4S.H3N/c1-13-8(10)9-14(11,12)7-5-3-2-4-6-7;/h2-6H,1H3,(H,9,10);1H3. The average Bonchev–Trinajstić information content (AvgIpc) is 2.18. The highest BCUT2D eigenvalue weighted by Crippen LogP contribution is 2.06. The molecule has 0 atom stereocenters. The summed E-state index contributed by atoms with van der Waals surface area (Å²) in [5, 5.41) is 0. The maximum atomic E-state index is 11.4. The van der Waals surface area contributed by atoms with Gasteiger partial charge in [0, 0.05) is 0 Å². The summed E-state index contributed by atoms with van der Waals surface area (Å²) in [5.74, 6) is 0. The highest BCUT2D eigenvalue weighted by molar-refractivity contribution is 7.90. The second kappa shape index (κ2) is 5.32. The lowest BCUT2D eigenvalue weighted by Crippen LogP contribution is -2.30. The van der Waals surface area contributed by atoms with Crippen molar-refractivity contribution < 1.29 is 17.9 Å². The lowest BCUT2D eigenvalue weighted by molar-refractivity contribution is 0.177. The Morgan fingerprint density at radius 2 is 1.80 bits per heavy atom. The van der Waals surface area contributed by atoms with Crippen LogP contribution in [-0.2, 0) is 14.8 Å². The molecule has 0 spiro atoms. The van der Waals surface area contributed by atoms with Gasteiger partial charge in [-0.15, -0.1) is 0 Å². The van der Waals surface area contributed by atoms with Crippen molar-refractivity contribution in [2.75, 3.05) is 7.11 Å². The molecule has 1 rings (SSSR count). The zero-order valence-corrected chi connectivity index (χ0v) is 8.95. The SMILES string of the molecule is COC(=O)NS(=O)(=O)c1ccccc1.N. The molecule has 0 aromatic heterocycles. The zero-order valence-electron chi connectivity index (χ0n) is 8.14. The first-order valence-corrected chi connectivity index (χ1v) is 5.20. The second-order valence-electron chi connectivity index (χ2n) is 2.41. The number of benzene rings is 1. The predicted molar refractivity (Wildman–Crippen MR) is 54.2 cm³/mol. The van der Waals surface area contributed by atoms with E-state index < -0.39 is 16.1 Å². The van der Waals surface area contributed by atoms with Gasteiger partial charge in [-0.2, -0.15) is 0 Å². The Morgan fingerprint density at radius 1 is 1.27 bits per heavy atom. The summed E-state index contributed by atoms with van der Waals surface area (Å²) in [4.78, 5) is 10.7. The van der Waals surface area contributed by atoms with Crippen molar-refractivity contribution in [2.24, 2.45) is 0 Å². The number of carbonyl (C=O) groups is 1. The molecule has 1 aromatic rings. The van der Waals surface area contributed by atoms with Gasteiger partial charge in [-0.05, 0) is 12.1 Å². The monoisotopic (exact) mass is 232 g/mol. The van der Waals surface area contributed by atoms with Crippen LogP contribution in [0.2, 0.25) is 0 Å². The molecule has 0 aliphatic heterocycles. The van der Waals surface area contributed by atoms with Crippen LogP contribution in [0.4, 0.5) is 4.79 Å². The van der Waals surface area contributed by atoms with Crippen LogP contribution >= 0.6 is 0 Å². The second-order valence-corrected chi connectivity index (χ2v) is 4.09. The normalized spacial score (nSPS) is 9.93. The molecule has 0 unspecified atom stereocenters. The van der Waals surface area contributed by atoms with E-state index >= 15 is 0 Å². The summed E-state index contributed by atoms with van der Waals surface area (Å²) in [6.07, 6.45) is -1.01. The van der Waals surface area contributed by atoms with Crippen LogP contribution in [-0.4, -0.2) is 21.6 Å². The summed E-state index contributed by atoms with van der Waals surface area (Å²) in [7, 11) is -2.70. The van der Waals surface area contributed by atoms with Crippen LogP contribution in [0.25, 0.3) is 0 Å². The van der Waals surface area contributed by atoms with Gasteiger partial charge >= 0.3 is 6.09 Å². The van der Waals surface area contributed by atoms with E-state index in [1.54, 1.807) is 22.9 Å². The largest absolute Gasteiger partial charge is 0.452 e. The van der Waals surface area contributed by atoms with Crippen molar-refractivity contribution in [1.29, 1.82) is 0 Å². The highest BCUT2D eigenvalue weighted by Gasteiger charge is 2.16. The topological polar surface area (TPSA) is 107 Å². The minimum atomic E-state index is -3.80. The Hall–Kier alpha value is -1.60. The van der Waals surface area contributed by atoms with Crippen LogP contribution in [0.1, 0.15) is 0 Å². The number of sulfonamides is 1. The molecule has 0 bridgehead atoms. The molecule has 1 amide bonds. The van der Waals surface area contributed by atoms with E-state index in [1.807, 2.05) is 0 Å². The molecule has 1 aromatic carbocycles. The average molecular weight is 232 g/mol. The van der Waals surface area contributed by atoms with Crippen LogP contribution in [0.3, 0.4) is 0 Å². The van der Waals surface area contributed by atoms with E-state index in [1.165, 1.54) is 12.1 Å². The molecule has 0 saturated heterocycles. The smallest absolute Gasteiger partial charge is 0.420 e.